The largest absolute Gasteiger partial charge is 0.172 e. The fourth-order valence-corrected chi connectivity index (χ4v) is 11.7. The summed E-state index contributed by atoms with van der Waals surface area (Å²) in [5.41, 5.74) is 7.37. The van der Waals surface area contributed by atoms with Crippen LogP contribution in [0.3, 0.4) is 0 Å². The van der Waals surface area contributed by atoms with Crippen LogP contribution in [-0.4, -0.2) is 8.75 Å². The van der Waals surface area contributed by atoms with Gasteiger partial charge in [-0.25, -0.2) is 0 Å². The van der Waals surface area contributed by atoms with Gasteiger partial charge in [0.05, 0.1) is 11.7 Å². The molecular formula is C38H34N2S5. The Morgan fingerprint density at radius 1 is 0.578 bits per heavy atom. The van der Waals surface area contributed by atoms with E-state index in [0.717, 1.165) is 23.9 Å². The van der Waals surface area contributed by atoms with Crippen LogP contribution in [0.15, 0.2) is 60.7 Å². The number of aromatic nitrogens is 2. The summed E-state index contributed by atoms with van der Waals surface area (Å²) in [4.78, 5) is 8.10. The van der Waals surface area contributed by atoms with Crippen LogP contribution in [0.1, 0.15) is 48.6 Å². The average molecular weight is 679 g/mol. The lowest BCUT2D eigenvalue weighted by Gasteiger charge is -2.10. The van der Waals surface area contributed by atoms with Crippen molar-refractivity contribution < 1.29 is 0 Å². The molecule has 7 heteroatoms. The molecule has 0 spiro atoms. The van der Waals surface area contributed by atoms with Gasteiger partial charge in [-0.15, -0.1) is 45.3 Å². The van der Waals surface area contributed by atoms with Gasteiger partial charge >= 0.3 is 0 Å². The van der Waals surface area contributed by atoms with Gasteiger partial charge in [-0.2, -0.15) is 8.75 Å². The Labute approximate surface area is 284 Å². The maximum Gasteiger partial charge on any atom is 0.114 e. The molecule has 0 aliphatic carbocycles. The molecule has 8 aromatic rings. The highest BCUT2D eigenvalue weighted by atomic mass is 32.1. The zero-order valence-electron chi connectivity index (χ0n) is 26.3. The number of nitrogens with zero attached hydrogens (tertiary/aromatic N) is 2. The van der Waals surface area contributed by atoms with E-state index in [1.807, 2.05) is 45.3 Å². The molecule has 0 atom stereocenters. The van der Waals surface area contributed by atoms with Crippen molar-refractivity contribution in [3.05, 3.63) is 81.5 Å². The first-order valence-electron chi connectivity index (χ1n) is 15.6. The van der Waals surface area contributed by atoms with Crippen LogP contribution < -0.4 is 0 Å². The van der Waals surface area contributed by atoms with Crippen molar-refractivity contribution in [3.8, 4) is 30.6 Å². The third-order valence-electron chi connectivity index (χ3n) is 8.45. The van der Waals surface area contributed by atoms with Crippen molar-refractivity contribution in [1.29, 1.82) is 0 Å². The van der Waals surface area contributed by atoms with Crippen molar-refractivity contribution in [2.75, 3.05) is 0 Å². The van der Waals surface area contributed by atoms with Crippen LogP contribution in [0.4, 0.5) is 0 Å². The van der Waals surface area contributed by atoms with E-state index in [4.69, 9.17) is 8.75 Å². The van der Waals surface area contributed by atoms with Crippen molar-refractivity contribution in [2.24, 2.45) is 11.8 Å². The third-order valence-corrected chi connectivity index (χ3v) is 13.7. The Kier molecular flexibility index (Phi) is 7.46. The van der Waals surface area contributed by atoms with Crippen LogP contribution >= 0.6 is 57.1 Å². The smallest absolute Gasteiger partial charge is 0.114 e. The summed E-state index contributed by atoms with van der Waals surface area (Å²) in [5, 5.41) is 5.43. The fourth-order valence-electron chi connectivity index (χ4n) is 6.66. The molecule has 0 bridgehead atoms. The van der Waals surface area contributed by atoms with Gasteiger partial charge in [0.15, 0.2) is 0 Å². The van der Waals surface area contributed by atoms with Gasteiger partial charge in [-0.05, 0) is 90.8 Å². The molecule has 3 aromatic carbocycles. The van der Waals surface area contributed by atoms with Gasteiger partial charge in [-0.3, -0.25) is 0 Å². The molecule has 0 radical (unpaired) electrons. The van der Waals surface area contributed by atoms with Crippen LogP contribution in [0.5, 0.6) is 0 Å². The van der Waals surface area contributed by atoms with Crippen molar-refractivity contribution in [2.45, 2.75) is 54.4 Å². The number of hydrogen-bond donors (Lipinski definition) is 0. The predicted molar refractivity (Wildman–Crippen MR) is 204 cm³/mol. The molecule has 0 amide bonds. The molecule has 226 valence electrons. The maximum absolute atomic E-state index is 4.92. The summed E-state index contributed by atoms with van der Waals surface area (Å²) < 4.78 is 12.6. The number of hydrogen-bond acceptors (Lipinski definition) is 7. The van der Waals surface area contributed by atoms with Crippen LogP contribution in [0, 0.1) is 25.7 Å². The second kappa shape index (κ2) is 11.4. The topological polar surface area (TPSA) is 25.8 Å². The third kappa shape index (κ3) is 5.17. The normalized spacial score (nSPS) is 12.4. The number of benzene rings is 3. The second-order valence-electron chi connectivity index (χ2n) is 13.0. The summed E-state index contributed by atoms with van der Waals surface area (Å²) in [6.07, 6.45) is 2.12. The van der Waals surface area contributed by atoms with Gasteiger partial charge in [0.25, 0.3) is 0 Å². The fraction of sp³-hybridized carbons (Fsp3) is 0.263. The monoisotopic (exact) mass is 678 g/mol. The Morgan fingerprint density at radius 3 is 1.91 bits per heavy atom. The van der Waals surface area contributed by atoms with E-state index < -0.39 is 0 Å². The lowest BCUT2D eigenvalue weighted by molar-refractivity contribution is 0.649. The van der Waals surface area contributed by atoms with Crippen molar-refractivity contribution in [1.82, 2.24) is 8.75 Å². The number of thiophene rings is 4. The zero-order chi connectivity index (χ0) is 31.0. The molecule has 5 aromatic heterocycles. The van der Waals surface area contributed by atoms with Crippen LogP contribution in [0.25, 0.3) is 72.6 Å². The predicted octanol–water partition coefficient (Wildman–Crippen LogP) is 13.4. The molecule has 45 heavy (non-hydrogen) atoms. The standard InChI is InChI=1S/C38H34N2S5/c1-19(2)13-24-16-22(6)42-37(24)28-9-10-29(35-34(28)39-45-40-35)38-25(14-20(3)4)17-32(44-38)33-18-30-26-8-7-23-15-21(5)41-36(23)27(26)11-12-31(30)43-33/h7-12,15-20H,13-14H2,1-6H3. The van der Waals surface area contributed by atoms with E-state index >= 15 is 0 Å². The number of aryl methyl sites for hydroxylation is 2. The molecule has 0 saturated carbocycles. The average Bonchev–Trinajstić information content (AvgIpc) is 3.81. The van der Waals surface area contributed by atoms with E-state index in [0.29, 0.717) is 11.8 Å². The molecule has 0 fully saturated rings. The minimum Gasteiger partial charge on any atom is -0.172 e. The molecule has 0 N–H and O–H groups in total. The molecule has 2 nitrogen and oxygen atoms in total. The molecule has 0 aliphatic heterocycles. The van der Waals surface area contributed by atoms with E-state index in [-0.39, 0.29) is 0 Å². The molecule has 0 aliphatic rings. The summed E-state index contributed by atoms with van der Waals surface area (Å²) >= 11 is 8.97. The highest BCUT2D eigenvalue weighted by Crippen LogP contribution is 2.48. The summed E-state index contributed by atoms with van der Waals surface area (Å²) in [7, 11) is 0. The van der Waals surface area contributed by atoms with Crippen LogP contribution in [-0.2, 0) is 12.8 Å². The van der Waals surface area contributed by atoms with Crippen molar-refractivity contribution >= 4 is 99.1 Å². The highest BCUT2D eigenvalue weighted by Gasteiger charge is 2.22. The highest BCUT2D eigenvalue weighted by molar-refractivity contribution is 7.27. The Morgan fingerprint density at radius 2 is 1.20 bits per heavy atom. The molecule has 5 heterocycles. The first-order valence-corrected chi connectivity index (χ1v) is 19.6. The quantitative estimate of drug-likeness (QED) is 0.168. The first-order chi connectivity index (χ1) is 21.7. The van der Waals surface area contributed by atoms with Gasteiger partial charge in [0.2, 0.25) is 0 Å². The SMILES string of the molecule is Cc1cc(CC(C)C)c(-c2ccc(-c3sc(-c4cc5c(ccc6c5ccc5cc(C)sc56)s4)cc3CC(C)C)c3nsnc23)s1. The number of fused-ring (bicyclic) bond motifs is 6. The lowest BCUT2D eigenvalue weighted by atomic mass is 9.96. The molecule has 8 rings (SSSR count). The van der Waals surface area contributed by atoms with Gasteiger partial charge in [0, 0.05) is 60.6 Å². The van der Waals surface area contributed by atoms with E-state index in [2.05, 4.69) is 102 Å². The van der Waals surface area contributed by atoms with Gasteiger partial charge < -0.3 is 0 Å². The van der Waals surface area contributed by atoms with Crippen LogP contribution in [0.2, 0.25) is 0 Å². The summed E-state index contributed by atoms with van der Waals surface area (Å²) in [5.74, 6) is 1.17. The van der Waals surface area contributed by atoms with Crippen molar-refractivity contribution in [3.63, 3.8) is 0 Å². The Hall–Kier alpha value is -2.94. The van der Waals surface area contributed by atoms with Gasteiger partial charge in [0.1, 0.15) is 11.0 Å². The number of rotatable bonds is 7. The molecule has 0 saturated heterocycles. The Balaban J connectivity index is 1.26. The second-order valence-corrected chi connectivity index (χ2v) is 18.2. The lowest BCUT2D eigenvalue weighted by Crippen LogP contribution is -1.95. The summed E-state index contributed by atoms with van der Waals surface area (Å²) in [6, 6.07) is 23.5. The Bertz CT molecular complexity index is 2370. The molecular weight excluding hydrogens is 645 g/mol. The van der Waals surface area contributed by atoms with E-state index in [1.165, 1.54) is 94.2 Å². The minimum absolute atomic E-state index is 0.560. The zero-order valence-corrected chi connectivity index (χ0v) is 30.4. The minimum atomic E-state index is 0.560. The first kappa shape index (κ1) is 29.5. The summed E-state index contributed by atoms with van der Waals surface area (Å²) in [6.45, 7) is 13.7. The van der Waals surface area contributed by atoms with E-state index in [1.54, 1.807) is 0 Å². The molecule has 0 unspecified atom stereocenters. The maximum atomic E-state index is 4.92. The van der Waals surface area contributed by atoms with Gasteiger partial charge in [-0.1, -0.05) is 58.0 Å². The van der Waals surface area contributed by atoms with E-state index in [9.17, 15) is 0 Å².